The van der Waals surface area contributed by atoms with Gasteiger partial charge < -0.3 is 20.3 Å². The Labute approximate surface area is 178 Å². The van der Waals surface area contributed by atoms with E-state index in [1.54, 1.807) is 0 Å². The number of benzene rings is 2. The largest absolute Gasteiger partial charge is 0.378 e. The third-order valence-corrected chi connectivity index (χ3v) is 5.30. The molecule has 1 saturated heterocycles. The maximum atomic E-state index is 5.44. The second kappa shape index (κ2) is 9.59. The average Bonchev–Trinajstić information content (AvgIpc) is 2.80. The lowest BCUT2D eigenvalue weighted by Crippen LogP contribution is -2.36. The smallest absolute Gasteiger partial charge is 0.225 e. The lowest BCUT2D eigenvalue weighted by molar-refractivity contribution is 0.122. The van der Waals surface area contributed by atoms with Crippen LogP contribution in [0.1, 0.15) is 20.3 Å². The van der Waals surface area contributed by atoms with Crippen LogP contribution < -0.4 is 15.5 Å². The van der Waals surface area contributed by atoms with Crippen molar-refractivity contribution in [1.82, 2.24) is 9.97 Å². The van der Waals surface area contributed by atoms with Gasteiger partial charge in [0.05, 0.1) is 18.9 Å². The molecule has 2 N–H and O–H groups in total. The van der Waals surface area contributed by atoms with Crippen molar-refractivity contribution < 1.29 is 4.74 Å². The van der Waals surface area contributed by atoms with E-state index in [1.807, 2.05) is 24.3 Å². The van der Waals surface area contributed by atoms with Gasteiger partial charge in [-0.05, 0) is 37.6 Å². The maximum Gasteiger partial charge on any atom is 0.225 e. The van der Waals surface area contributed by atoms with Crippen LogP contribution in [-0.4, -0.2) is 42.3 Å². The molecule has 3 aromatic rings. The molecule has 156 valence electrons. The van der Waals surface area contributed by atoms with Gasteiger partial charge in [0.25, 0.3) is 0 Å². The van der Waals surface area contributed by atoms with Crippen molar-refractivity contribution in [3.05, 3.63) is 60.7 Å². The molecule has 0 radical (unpaired) electrons. The molecule has 1 aromatic heterocycles. The normalized spacial score (nSPS) is 14.9. The number of morpholine rings is 1. The van der Waals surface area contributed by atoms with Gasteiger partial charge in [-0.1, -0.05) is 37.3 Å². The van der Waals surface area contributed by atoms with Gasteiger partial charge in [-0.15, -0.1) is 0 Å². The number of rotatable bonds is 7. The zero-order chi connectivity index (χ0) is 20.8. The Morgan fingerprint density at radius 3 is 2.43 bits per heavy atom. The first-order valence-electron chi connectivity index (χ1n) is 10.6. The number of aromatic nitrogens is 2. The minimum atomic E-state index is 0.302. The average molecular weight is 404 g/mol. The Morgan fingerprint density at radius 1 is 1.00 bits per heavy atom. The van der Waals surface area contributed by atoms with Crippen LogP contribution in [0, 0.1) is 0 Å². The van der Waals surface area contributed by atoms with Gasteiger partial charge in [0.2, 0.25) is 5.95 Å². The van der Waals surface area contributed by atoms with Gasteiger partial charge >= 0.3 is 0 Å². The molecule has 0 aliphatic carbocycles. The first-order chi connectivity index (χ1) is 14.7. The predicted octanol–water partition coefficient (Wildman–Crippen LogP) is 4.93. The molecular weight excluding hydrogens is 374 g/mol. The van der Waals surface area contributed by atoms with Crippen LogP contribution in [0.5, 0.6) is 0 Å². The zero-order valence-electron chi connectivity index (χ0n) is 17.6. The van der Waals surface area contributed by atoms with Crippen molar-refractivity contribution in [3.63, 3.8) is 0 Å². The van der Waals surface area contributed by atoms with Gasteiger partial charge in [0, 0.05) is 42.1 Å². The third kappa shape index (κ3) is 5.07. The van der Waals surface area contributed by atoms with E-state index in [4.69, 9.17) is 14.7 Å². The highest BCUT2D eigenvalue weighted by atomic mass is 16.5. The molecule has 2 aromatic carbocycles. The summed E-state index contributed by atoms with van der Waals surface area (Å²) in [5.41, 5.74) is 4.18. The zero-order valence-corrected chi connectivity index (χ0v) is 17.6. The topological polar surface area (TPSA) is 62.3 Å². The van der Waals surface area contributed by atoms with Crippen molar-refractivity contribution in [2.45, 2.75) is 26.3 Å². The van der Waals surface area contributed by atoms with Gasteiger partial charge in [-0.2, -0.15) is 4.98 Å². The summed E-state index contributed by atoms with van der Waals surface area (Å²) in [4.78, 5) is 11.8. The lowest BCUT2D eigenvalue weighted by Gasteiger charge is -2.28. The van der Waals surface area contributed by atoms with Gasteiger partial charge in [0.1, 0.15) is 5.82 Å². The van der Waals surface area contributed by atoms with E-state index in [0.29, 0.717) is 12.0 Å². The summed E-state index contributed by atoms with van der Waals surface area (Å²) in [6, 6.07) is 21.0. The van der Waals surface area contributed by atoms with Crippen LogP contribution in [0.15, 0.2) is 60.7 Å². The third-order valence-electron chi connectivity index (χ3n) is 5.30. The van der Waals surface area contributed by atoms with Crippen LogP contribution in [-0.2, 0) is 4.74 Å². The van der Waals surface area contributed by atoms with Gasteiger partial charge in [-0.3, -0.25) is 0 Å². The molecule has 0 saturated carbocycles. The molecule has 0 spiro atoms. The van der Waals surface area contributed by atoms with E-state index in [-0.39, 0.29) is 0 Å². The van der Waals surface area contributed by atoms with Gasteiger partial charge in [0.15, 0.2) is 0 Å². The number of nitrogens with one attached hydrogen (secondary N) is 2. The minimum absolute atomic E-state index is 0.302. The first kappa shape index (κ1) is 20.2. The Balaban J connectivity index is 1.57. The highest BCUT2D eigenvalue weighted by Gasteiger charge is 2.12. The molecule has 30 heavy (non-hydrogen) atoms. The summed E-state index contributed by atoms with van der Waals surface area (Å²) in [6.45, 7) is 7.72. The van der Waals surface area contributed by atoms with Crippen molar-refractivity contribution in [2.75, 3.05) is 41.8 Å². The molecule has 0 bridgehead atoms. The number of hydrogen-bond donors (Lipinski definition) is 2. The van der Waals surface area contributed by atoms with E-state index in [1.165, 1.54) is 5.69 Å². The van der Waals surface area contributed by atoms with Crippen LogP contribution in [0.4, 0.5) is 23.1 Å². The summed E-state index contributed by atoms with van der Waals surface area (Å²) in [5.74, 6) is 1.41. The predicted molar refractivity (Wildman–Crippen MR) is 124 cm³/mol. The number of nitrogens with zero attached hydrogens (tertiary/aromatic N) is 3. The van der Waals surface area contributed by atoms with Crippen LogP contribution in [0.2, 0.25) is 0 Å². The standard InChI is InChI=1S/C24H29N5O/c1-3-18(2)25-24-27-22(19-7-5-4-6-8-19)17-23(28-24)26-20-9-11-21(12-10-20)29-13-15-30-16-14-29/h4-12,17-18H,3,13-16H2,1-2H3,(H2,25,26,27,28)/t18-/m0/s1. The van der Waals surface area contributed by atoms with Crippen molar-refractivity contribution in [2.24, 2.45) is 0 Å². The number of ether oxygens (including phenoxy) is 1. The Hall–Kier alpha value is -3.12. The molecule has 1 fully saturated rings. The summed E-state index contributed by atoms with van der Waals surface area (Å²) in [7, 11) is 0. The lowest BCUT2D eigenvalue weighted by atomic mass is 10.1. The van der Waals surface area contributed by atoms with Gasteiger partial charge in [-0.25, -0.2) is 4.98 Å². The van der Waals surface area contributed by atoms with Crippen molar-refractivity contribution in [1.29, 1.82) is 0 Å². The molecule has 0 amide bonds. The quantitative estimate of drug-likeness (QED) is 0.583. The summed E-state index contributed by atoms with van der Waals surface area (Å²) in [5, 5.41) is 6.84. The highest BCUT2D eigenvalue weighted by Crippen LogP contribution is 2.25. The van der Waals surface area contributed by atoms with Crippen LogP contribution >= 0.6 is 0 Å². The molecule has 0 unspecified atom stereocenters. The molecule has 4 rings (SSSR count). The SMILES string of the molecule is CC[C@H](C)Nc1nc(Nc2ccc(N3CCOCC3)cc2)cc(-c2ccccc2)n1. The van der Waals surface area contributed by atoms with E-state index in [9.17, 15) is 0 Å². The van der Waals surface area contributed by atoms with Crippen molar-refractivity contribution >= 4 is 23.1 Å². The molecule has 1 atom stereocenters. The Bertz CT molecular complexity index is 940. The van der Waals surface area contributed by atoms with E-state index in [2.05, 4.69) is 65.8 Å². The monoisotopic (exact) mass is 403 g/mol. The number of anilines is 4. The first-order valence-corrected chi connectivity index (χ1v) is 10.6. The van der Waals surface area contributed by atoms with E-state index >= 15 is 0 Å². The maximum absolute atomic E-state index is 5.44. The summed E-state index contributed by atoms with van der Waals surface area (Å²) < 4.78 is 5.44. The fourth-order valence-corrected chi connectivity index (χ4v) is 3.38. The number of hydrogen-bond acceptors (Lipinski definition) is 6. The van der Waals surface area contributed by atoms with E-state index in [0.717, 1.165) is 55.5 Å². The summed E-state index contributed by atoms with van der Waals surface area (Å²) in [6.07, 6.45) is 1.00. The molecular formula is C24H29N5O. The fourth-order valence-electron chi connectivity index (χ4n) is 3.38. The molecule has 6 heteroatoms. The highest BCUT2D eigenvalue weighted by molar-refractivity contribution is 5.68. The molecule has 1 aliphatic heterocycles. The van der Waals surface area contributed by atoms with Crippen molar-refractivity contribution in [3.8, 4) is 11.3 Å². The Morgan fingerprint density at radius 2 is 1.73 bits per heavy atom. The minimum Gasteiger partial charge on any atom is -0.378 e. The van der Waals surface area contributed by atoms with Crippen LogP contribution in [0.3, 0.4) is 0 Å². The van der Waals surface area contributed by atoms with Crippen LogP contribution in [0.25, 0.3) is 11.3 Å². The second-order valence-corrected chi connectivity index (χ2v) is 7.55. The van der Waals surface area contributed by atoms with E-state index < -0.39 is 0 Å². The molecule has 1 aliphatic rings. The fraction of sp³-hybridized carbons (Fsp3) is 0.333. The molecule has 2 heterocycles. The Kier molecular flexibility index (Phi) is 6.44. The summed E-state index contributed by atoms with van der Waals surface area (Å²) >= 11 is 0. The second-order valence-electron chi connectivity index (χ2n) is 7.55. The molecule has 6 nitrogen and oxygen atoms in total.